The summed E-state index contributed by atoms with van der Waals surface area (Å²) in [6.07, 6.45) is 3.35. The van der Waals surface area contributed by atoms with Crippen molar-refractivity contribution in [1.82, 2.24) is 0 Å². The predicted octanol–water partition coefficient (Wildman–Crippen LogP) is 3.48. The molecule has 0 aromatic heterocycles. The third-order valence-electron chi connectivity index (χ3n) is 14.0. The van der Waals surface area contributed by atoms with Crippen LogP contribution in [0.2, 0.25) is 0 Å². The topological polar surface area (TPSA) is 3.24 Å². The molecule has 0 bridgehead atoms. The van der Waals surface area contributed by atoms with E-state index in [4.69, 9.17) is 70.6 Å². The van der Waals surface area contributed by atoms with Gasteiger partial charge in [-0.25, -0.2) is 0 Å². The number of fused-ring (bicyclic) bond motifs is 6. The van der Waals surface area contributed by atoms with E-state index in [0.717, 1.165) is 17.8 Å². The molecule has 1 atom stereocenters. The van der Waals surface area contributed by atoms with Crippen LogP contribution in [0.15, 0.2) is 108 Å². The zero-order valence-electron chi connectivity index (χ0n) is 36.7. The van der Waals surface area contributed by atoms with Crippen LogP contribution in [0.25, 0.3) is 27.8 Å². The van der Waals surface area contributed by atoms with Crippen LogP contribution in [-0.4, -0.2) is 70.6 Å². The first kappa shape index (κ1) is 42.5. The van der Waals surface area contributed by atoms with Gasteiger partial charge in [-0.15, -0.1) is 16.4 Å². The fourth-order valence-electron chi connectivity index (χ4n) is 10.7. The highest BCUT2D eigenvalue weighted by atomic mass is 15.1. The van der Waals surface area contributed by atoms with Crippen LogP contribution in [0, 0.1) is 5.41 Å². The molecule has 0 amide bonds. The first-order chi connectivity index (χ1) is 29.2. The quantitative estimate of drug-likeness (QED) is 0.243. The van der Waals surface area contributed by atoms with Gasteiger partial charge in [0.15, 0.2) is 0 Å². The van der Waals surface area contributed by atoms with E-state index in [1.807, 2.05) is 0 Å². The Labute approximate surface area is 380 Å². The molecule has 0 saturated carbocycles. The van der Waals surface area contributed by atoms with Gasteiger partial charge < -0.3 is 4.90 Å². The van der Waals surface area contributed by atoms with E-state index in [1.165, 1.54) is 55.7 Å². The maximum Gasteiger partial charge on any atom is 0.115 e. The molecule has 0 fully saturated rings. The van der Waals surface area contributed by atoms with Crippen LogP contribution in [0.1, 0.15) is 88.6 Å². The van der Waals surface area contributed by atoms with Crippen molar-refractivity contribution in [2.75, 3.05) is 4.90 Å². The highest BCUT2D eigenvalue weighted by molar-refractivity contribution is 6.70. The van der Waals surface area contributed by atoms with Crippen molar-refractivity contribution in [1.29, 1.82) is 0 Å². The van der Waals surface area contributed by atoms with Gasteiger partial charge >= 0.3 is 0 Å². The predicted molar refractivity (Wildman–Crippen MR) is 274 cm³/mol. The lowest BCUT2D eigenvalue weighted by atomic mass is 9.56. The second-order valence-corrected chi connectivity index (χ2v) is 19.3. The Bertz CT molecular complexity index is 2910. The molecule has 62 heavy (non-hydrogen) atoms. The lowest BCUT2D eigenvalue weighted by Gasteiger charge is -2.37. The lowest BCUT2D eigenvalue weighted by molar-refractivity contribution is 0.482. The molecule has 18 radical (unpaired) electrons. The molecule has 6 aromatic rings. The molecule has 3 aliphatic rings. The molecule has 6 aromatic carbocycles. The van der Waals surface area contributed by atoms with Gasteiger partial charge in [-0.05, 0) is 103 Å². The standard InChI is InChI=1S/C52H40B9N/c1-50(2,3)36-22-26(25-13-9-8-10-14-25)21-32-31-20-18-28(24-35(31)52(6,7)39(32)36)62(27-17-19-30-29-15-11-12-16-33(29)51(4,5)34(30)23-27)49-47(60)42(55)38(43(56)48(49)61)37-40(53)44(57)46(59)45(58)41(37)54/h8-20,22-24,32H,21H2,1-7H3. The van der Waals surface area contributed by atoms with Crippen LogP contribution in [0.4, 0.5) is 17.1 Å². The minimum absolute atomic E-state index is 0.0623. The number of nitrogens with zero attached hydrogens (tertiary/aromatic N) is 1. The van der Waals surface area contributed by atoms with Crippen LogP contribution < -0.4 is 54.1 Å². The van der Waals surface area contributed by atoms with E-state index in [0.29, 0.717) is 5.69 Å². The van der Waals surface area contributed by atoms with Gasteiger partial charge in [0.1, 0.15) is 70.6 Å². The largest absolute Gasteiger partial charge is 0.312 e. The number of hydrogen-bond acceptors (Lipinski definition) is 1. The van der Waals surface area contributed by atoms with E-state index < -0.39 is 0 Å². The second kappa shape index (κ2) is 14.6. The highest BCUT2D eigenvalue weighted by Gasteiger charge is 2.47. The monoisotopic (exact) mass is 777 g/mol. The summed E-state index contributed by atoms with van der Waals surface area (Å²) >= 11 is 0. The number of anilines is 3. The minimum Gasteiger partial charge on any atom is -0.312 e. The number of hydrogen-bond donors (Lipinski definition) is 0. The molecule has 1 unspecified atom stereocenters. The summed E-state index contributed by atoms with van der Waals surface area (Å²) < 4.78 is 0. The first-order valence-corrected chi connectivity index (χ1v) is 21.1. The summed E-state index contributed by atoms with van der Waals surface area (Å²) in [5.74, 6) is 0.202. The maximum atomic E-state index is 7.22. The third-order valence-corrected chi connectivity index (χ3v) is 14.0. The Morgan fingerprint density at radius 1 is 0.516 bits per heavy atom. The van der Waals surface area contributed by atoms with Crippen molar-refractivity contribution in [3.05, 3.63) is 136 Å². The normalized spacial score (nSPS) is 17.0. The fraction of sp³-hybridized carbons (Fsp3) is 0.231. The molecule has 0 aliphatic heterocycles. The van der Waals surface area contributed by atoms with Crippen LogP contribution in [0.3, 0.4) is 0 Å². The molecule has 1 nitrogen and oxygen atoms in total. The summed E-state index contributed by atoms with van der Waals surface area (Å²) in [6, 6.07) is 32.6. The molecular formula is C52H40B9N. The Balaban J connectivity index is 1.29. The highest BCUT2D eigenvalue weighted by Crippen LogP contribution is 2.60. The van der Waals surface area contributed by atoms with Crippen LogP contribution in [-0.2, 0) is 10.8 Å². The molecule has 0 spiro atoms. The van der Waals surface area contributed by atoms with E-state index >= 15 is 0 Å². The van der Waals surface area contributed by atoms with Crippen molar-refractivity contribution in [2.24, 2.45) is 5.41 Å². The Morgan fingerprint density at radius 3 is 1.61 bits per heavy atom. The fourth-order valence-corrected chi connectivity index (χ4v) is 10.7. The van der Waals surface area contributed by atoms with Crippen molar-refractivity contribution in [3.8, 4) is 22.3 Å². The second-order valence-electron chi connectivity index (χ2n) is 19.3. The van der Waals surface area contributed by atoms with E-state index in [-0.39, 0.29) is 82.5 Å². The van der Waals surface area contributed by atoms with Crippen LogP contribution >= 0.6 is 0 Å². The lowest BCUT2D eigenvalue weighted by Crippen LogP contribution is -2.57. The molecule has 10 heteroatoms. The zero-order chi connectivity index (χ0) is 44.5. The average Bonchev–Trinajstić information content (AvgIpc) is 3.62. The molecule has 0 N–H and O–H groups in total. The van der Waals surface area contributed by atoms with Gasteiger partial charge in [0.25, 0.3) is 0 Å². The molecular weight excluding hydrogens is 736 g/mol. The Morgan fingerprint density at radius 2 is 1.02 bits per heavy atom. The Kier molecular flexibility index (Phi) is 10.0. The first-order valence-electron chi connectivity index (χ1n) is 21.1. The summed E-state index contributed by atoms with van der Waals surface area (Å²) in [7, 11) is 60.5. The number of benzene rings is 6. The van der Waals surface area contributed by atoms with Crippen molar-refractivity contribution >= 4 is 142 Å². The SMILES string of the molecule is [B]c1c([B])c([B])c(-c2c([B])c([B])c(N(c3ccc4c(c3)C(C)(C)C3=C(C(C)(C)C)C=C(c5ccccc5)CC34)c3ccc4c(c3)C(C)(C)c3ccccc3-4)c([B])c2[B])c([B])c1[B]. The summed E-state index contributed by atoms with van der Waals surface area (Å²) in [6.45, 7) is 16.2. The van der Waals surface area contributed by atoms with Gasteiger partial charge in [0.05, 0.1) is 0 Å². The summed E-state index contributed by atoms with van der Waals surface area (Å²) in [5, 5.41) is 0. The number of rotatable bonds is 5. The average molecular weight is 776 g/mol. The van der Waals surface area contributed by atoms with Crippen molar-refractivity contribution < 1.29 is 0 Å². The smallest absolute Gasteiger partial charge is 0.115 e. The van der Waals surface area contributed by atoms with E-state index in [2.05, 4.69) is 150 Å². The Hall–Kier alpha value is -4.82. The van der Waals surface area contributed by atoms with Gasteiger partial charge in [0.2, 0.25) is 0 Å². The molecule has 280 valence electrons. The minimum atomic E-state index is -0.312. The van der Waals surface area contributed by atoms with Crippen molar-refractivity contribution in [3.63, 3.8) is 0 Å². The van der Waals surface area contributed by atoms with Gasteiger partial charge in [0, 0.05) is 33.8 Å². The van der Waals surface area contributed by atoms with Crippen LogP contribution in [0.5, 0.6) is 0 Å². The van der Waals surface area contributed by atoms with Gasteiger partial charge in [-0.2, -0.15) is 0 Å². The summed E-state index contributed by atoms with van der Waals surface area (Å²) in [4.78, 5) is 2.09. The maximum absolute atomic E-state index is 7.22. The summed E-state index contributed by atoms with van der Waals surface area (Å²) in [5.41, 5.74) is 15.7. The van der Waals surface area contributed by atoms with Gasteiger partial charge in [-0.3, -0.25) is 0 Å². The van der Waals surface area contributed by atoms with E-state index in [9.17, 15) is 0 Å². The molecule has 0 heterocycles. The van der Waals surface area contributed by atoms with E-state index in [1.54, 1.807) is 0 Å². The molecule has 3 aliphatic carbocycles. The van der Waals surface area contributed by atoms with Crippen molar-refractivity contribution in [2.45, 2.75) is 71.6 Å². The molecule has 0 saturated heterocycles. The molecule has 9 rings (SSSR count). The van der Waals surface area contributed by atoms with Gasteiger partial charge in [-0.1, -0.05) is 154 Å². The third kappa shape index (κ3) is 6.16. The number of allylic oxidation sites excluding steroid dienone is 4. The zero-order valence-corrected chi connectivity index (χ0v) is 36.7.